The number of hydrogen-bond donors (Lipinski definition) is 2. The minimum Gasteiger partial charge on any atom is -0.481 e. The molecule has 0 amide bonds. The van der Waals surface area contributed by atoms with Crippen molar-refractivity contribution in [3.63, 3.8) is 0 Å². The molecule has 0 aliphatic heterocycles. The normalized spacial score (nSPS) is 31.7. The summed E-state index contributed by atoms with van der Waals surface area (Å²) in [6, 6.07) is 0. The SMILES string of the molecule is O=C(O)CC1(C(=O)O)CC(F)(F)C1(F)F. The van der Waals surface area contributed by atoms with E-state index < -0.39 is 42.0 Å². The molecule has 1 unspecified atom stereocenters. The molecule has 0 aromatic rings. The second-order valence-corrected chi connectivity index (χ2v) is 3.41. The third kappa shape index (κ3) is 1.27. The minimum absolute atomic E-state index is 1.52. The molecule has 8 heteroatoms. The Morgan fingerprint density at radius 2 is 1.60 bits per heavy atom. The molecule has 0 heterocycles. The average Bonchev–Trinajstić information content (AvgIpc) is 2.00. The van der Waals surface area contributed by atoms with Crippen molar-refractivity contribution in [2.75, 3.05) is 0 Å². The van der Waals surface area contributed by atoms with Gasteiger partial charge in [-0.25, -0.2) is 0 Å². The van der Waals surface area contributed by atoms with E-state index in [0.717, 1.165) is 0 Å². The zero-order valence-electron chi connectivity index (χ0n) is 7.14. The van der Waals surface area contributed by atoms with E-state index in [-0.39, 0.29) is 0 Å². The van der Waals surface area contributed by atoms with E-state index in [1.54, 1.807) is 0 Å². The zero-order chi connectivity index (χ0) is 12.1. The number of alkyl halides is 4. The average molecular weight is 230 g/mol. The Kier molecular flexibility index (Phi) is 2.21. The van der Waals surface area contributed by atoms with Crippen LogP contribution in [0.1, 0.15) is 12.8 Å². The quantitative estimate of drug-likeness (QED) is 0.714. The summed E-state index contributed by atoms with van der Waals surface area (Å²) >= 11 is 0. The van der Waals surface area contributed by atoms with Crippen molar-refractivity contribution in [2.24, 2.45) is 5.41 Å². The lowest BCUT2D eigenvalue weighted by molar-refractivity contribution is -0.349. The molecule has 4 nitrogen and oxygen atoms in total. The molecule has 0 spiro atoms. The number of carboxylic acids is 2. The lowest BCUT2D eigenvalue weighted by Gasteiger charge is -2.50. The van der Waals surface area contributed by atoms with Crippen LogP contribution in [0.5, 0.6) is 0 Å². The molecule has 0 aromatic heterocycles. The Balaban J connectivity index is 3.08. The van der Waals surface area contributed by atoms with Gasteiger partial charge >= 0.3 is 23.8 Å². The van der Waals surface area contributed by atoms with Crippen LogP contribution in [0, 0.1) is 5.41 Å². The molecule has 0 bridgehead atoms. The first-order valence-corrected chi connectivity index (χ1v) is 3.78. The summed E-state index contributed by atoms with van der Waals surface area (Å²) in [5.74, 6) is -13.4. The summed E-state index contributed by atoms with van der Waals surface area (Å²) in [6.07, 6.45) is -3.18. The second-order valence-electron chi connectivity index (χ2n) is 3.41. The van der Waals surface area contributed by atoms with Crippen LogP contribution in [0.2, 0.25) is 0 Å². The predicted molar refractivity (Wildman–Crippen MR) is 36.8 cm³/mol. The third-order valence-corrected chi connectivity index (χ3v) is 2.45. The Labute approximate surface area is 80.5 Å². The van der Waals surface area contributed by atoms with E-state index in [2.05, 4.69) is 0 Å². The summed E-state index contributed by atoms with van der Waals surface area (Å²) in [5.41, 5.74) is -3.19. The van der Waals surface area contributed by atoms with Crippen LogP contribution >= 0.6 is 0 Å². The van der Waals surface area contributed by atoms with Gasteiger partial charge < -0.3 is 10.2 Å². The number of carbonyl (C=O) groups is 2. The minimum atomic E-state index is -4.83. The van der Waals surface area contributed by atoms with E-state index in [9.17, 15) is 27.2 Å². The first-order valence-electron chi connectivity index (χ1n) is 3.78. The van der Waals surface area contributed by atoms with Crippen molar-refractivity contribution < 1.29 is 37.4 Å². The molecule has 0 radical (unpaired) electrons. The number of carboxylic acid groups (broad SMARTS) is 2. The molecule has 86 valence electrons. The van der Waals surface area contributed by atoms with E-state index in [1.807, 2.05) is 0 Å². The van der Waals surface area contributed by atoms with Gasteiger partial charge in [0.05, 0.1) is 6.42 Å². The molecule has 15 heavy (non-hydrogen) atoms. The van der Waals surface area contributed by atoms with Gasteiger partial charge in [0.1, 0.15) is 0 Å². The Morgan fingerprint density at radius 3 is 1.80 bits per heavy atom. The van der Waals surface area contributed by atoms with Crippen LogP contribution in [0.3, 0.4) is 0 Å². The highest BCUT2D eigenvalue weighted by molar-refractivity contribution is 5.84. The highest BCUT2D eigenvalue weighted by Crippen LogP contribution is 2.64. The Morgan fingerprint density at radius 1 is 1.13 bits per heavy atom. The summed E-state index contributed by atoms with van der Waals surface area (Å²) in [6.45, 7) is 0. The first kappa shape index (κ1) is 11.7. The maximum Gasteiger partial charge on any atom is 0.326 e. The Bertz CT molecular complexity index is 327. The van der Waals surface area contributed by atoms with Gasteiger partial charge in [-0.1, -0.05) is 0 Å². The van der Waals surface area contributed by atoms with E-state index in [4.69, 9.17) is 10.2 Å². The van der Waals surface area contributed by atoms with Crippen LogP contribution in [0.25, 0.3) is 0 Å². The van der Waals surface area contributed by atoms with Gasteiger partial charge in [-0.15, -0.1) is 0 Å². The van der Waals surface area contributed by atoms with Crippen molar-refractivity contribution >= 4 is 11.9 Å². The molecule has 1 saturated carbocycles. The second kappa shape index (κ2) is 2.83. The topological polar surface area (TPSA) is 74.6 Å². The molecule has 2 N–H and O–H groups in total. The maximum absolute atomic E-state index is 12.9. The van der Waals surface area contributed by atoms with Gasteiger partial charge in [-0.3, -0.25) is 9.59 Å². The fourth-order valence-corrected chi connectivity index (χ4v) is 1.56. The smallest absolute Gasteiger partial charge is 0.326 e. The number of aliphatic carboxylic acids is 2. The van der Waals surface area contributed by atoms with Crippen LogP contribution < -0.4 is 0 Å². The van der Waals surface area contributed by atoms with Crippen molar-refractivity contribution in [1.82, 2.24) is 0 Å². The van der Waals surface area contributed by atoms with Crippen LogP contribution in [0.4, 0.5) is 17.6 Å². The number of hydrogen-bond acceptors (Lipinski definition) is 2. The molecule has 0 saturated heterocycles. The van der Waals surface area contributed by atoms with Gasteiger partial charge in [-0.05, 0) is 0 Å². The van der Waals surface area contributed by atoms with Gasteiger partial charge in [0.15, 0.2) is 5.41 Å². The fourth-order valence-electron chi connectivity index (χ4n) is 1.56. The third-order valence-electron chi connectivity index (χ3n) is 2.45. The van der Waals surface area contributed by atoms with E-state index >= 15 is 0 Å². The maximum atomic E-state index is 12.9. The van der Waals surface area contributed by atoms with Crippen molar-refractivity contribution in [3.8, 4) is 0 Å². The van der Waals surface area contributed by atoms with Crippen LogP contribution in [-0.4, -0.2) is 34.0 Å². The van der Waals surface area contributed by atoms with Crippen molar-refractivity contribution in [1.29, 1.82) is 0 Å². The number of rotatable bonds is 3. The zero-order valence-corrected chi connectivity index (χ0v) is 7.14. The molecule has 1 rings (SSSR count). The van der Waals surface area contributed by atoms with E-state index in [1.165, 1.54) is 0 Å². The van der Waals surface area contributed by atoms with Crippen LogP contribution in [-0.2, 0) is 9.59 Å². The van der Waals surface area contributed by atoms with E-state index in [0.29, 0.717) is 0 Å². The summed E-state index contributed by atoms with van der Waals surface area (Å²) < 4.78 is 50.5. The molecule has 0 aromatic carbocycles. The number of halogens is 4. The summed E-state index contributed by atoms with van der Waals surface area (Å²) in [7, 11) is 0. The highest BCUT2D eigenvalue weighted by atomic mass is 19.3. The predicted octanol–water partition coefficient (Wildman–Crippen LogP) is 1.21. The molecule has 1 atom stereocenters. The molecule has 1 fully saturated rings. The molecule has 1 aliphatic rings. The standard InChI is InChI=1S/C7H6F4O4/c8-6(9)2-5(4(14)15,1-3(12)13)7(6,10)11/h1-2H2,(H,12,13)(H,14,15). The van der Waals surface area contributed by atoms with Gasteiger partial charge in [0.25, 0.3) is 0 Å². The molecule has 1 aliphatic carbocycles. The fraction of sp³-hybridized carbons (Fsp3) is 0.714. The van der Waals surface area contributed by atoms with Gasteiger partial charge in [0, 0.05) is 6.42 Å². The van der Waals surface area contributed by atoms with Crippen molar-refractivity contribution in [3.05, 3.63) is 0 Å². The lowest BCUT2D eigenvalue weighted by atomic mass is 9.60. The largest absolute Gasteiger partial charge is 0.481 e. The van der Waals surface area contributed by atoms with Crippen LogP contribution in [0.15, 0.2) is 0 Å². The van der Waals surface area contributed by atoms with Crippen molar-refractivity contribution in [2.45, 2.75) is 24.7 Å². The van der Waals surface area contributed by atoms with Gasteiger partial charge in [0.2, 0.25) is 0 Å². The Hall–Kier alpha value is -1.34. The lowest BCUT2D eigenvalue weighted by Crippen LogP contribution is -2.70. The molecular weight excluding hydrogens is 224 g/mol. The first-order chi connectivity index (χ1) is 6.57. The highest BCUT2D eigenvalue weighted by Gasteiger charge is 2.84. The molecular formula is C7H6F4O4. The van der Waals surface area contributed by atoms with Gasteiger partial charge in [-0.2, -0.15) is 17.6 Å². The monoisotopic (exact) mass is 230 g/mol. The summed E-state index contributed by atoms with van der Waals surface area (Å²) in [5, 5.41) is 16.6. The summed E-state index contributed by atoms with van der Waals surface area (Å²) in [4.78, 5) is 20.6.